The number of hydrogen-bond donors (Lipinski definition) is 2. The van der Waals surface area contributed by atoms with Crippen molar-refractivity contribution in [2.45, 2.75) is 51.2 Å². The van der Waals surface area contributed by atoms with Gasteiger partial charge < -0.3 is 15.0 Å². The number of anilines is 1. The predicted octanol–water partition coefficient (Wildman–Crippen LogP) is 2.89. The zero-order valence-corrected chi connectivity index (χ0v) is 12.4. The van der Waals surface area contributed by atoms with Gasteiger partial charge in [-0.2, -0.15) is 0 Å². The fourth-order valence-corrected chi connectivity index (χ4v) is 3.86. The summed E-state index contributed by atoms with van der Waals surface area (Å²) < 4.78 is 5.92. The normalized spacial score (nSPS) is 27.6. The molecule has 4 heterocycles. The average Bonchev–Trinajstić information content (AvgIpc) is 3.22. The summed E-state index contributed by atoms with van der Waals surface area (Å²) in [5.74, 6) is 1.69. The highest BCUT2D eigenvalue weighted by molar-refractivity contribution is 5.90. The van der Waals surface area contributed by atoms with Crippen LogP contribution >= 0.6 is 0 Å². The first-order valence-corrected chi connectivity index (χ1v) is 8.05. The van der Waals surface area contributed by atoms with E-state index >= 15 is 0 Å². The van der Waals surface area contributed by atoms with Crippen molar-refractivity contribution in [1.82, 2.24) is 15.0 Å². The van der Waals surface area contributed by atoms with Crippen LogP contribution in [0.25, 0.3) is 11.0 Å². The van der Waals surface area contributed by atoms with Gasteiger partial charge in [0, 0.05) is 12.7 Å². The third kappa shape index (κ3) is 2.29. The van der Waals surface area contributed by atoms with Crippen LogP contribution in [0.5, 0.6) is 0 Å². The molecule has 112 valence electrons. The predicted molar refractivity (Wildman–Crippen MR) is 82.4 cm³/mol. The van der Waals surface area contributed by atoms with Gasteiger partial charge in [0.25, 0.3) is 0 Å². The highest BCUT2D eigenvalue weighted by atomic mass is 16.5. The van der Waals surface area contributed by atoms with Gasteiger partial charge in [0.2, 0.25) is 0 Å². The Morgan fingerprint density at radius 1 is 1.38 bits per heavy atom. The van der Waals surface area contributed by atoms with Gasteiger partial charge in [0.15, 0.2) is 0 Å². The van der Waals surface area contributed by atoms with E-state index in [1.54, 1.807) is 6.33 Å². The Hall–Kier alpha value is -1.62. The molecule has 2 aromatic heterocycles. The molecular formula is C16H22N4O. The number of nitrogens with one attached hydrogen (secondary N) is 2. The topological polar surface area (TPSA) is 62.8 Å². The van der Waals surface area contributed by atoms with Gasteiger partial charge in [-0.3, -0.25) is 0 Å². The molecule has 3 atom stereocenters. The fourth-order valence-electron chi connectivity index (χ4n) is 3.86. The van der Waals surface area contributed by atoms with E-state index in [2.05, 4.69) is 27.2 Å². The lowest BCUT2D eigenvalue weighted by Crippen LogP contribution is -2.19. The summed E-state index contributed by atoms with van der Waals surface area (Å²) in [6.45, 7) is 3.11. The van der Waals surface area contributed by atoms with E-state index in [9.17, 15) is 0 Å². The number of nitrogens with zero attached hydrogens (tertiary/aromatic N) is 2. The molecule has 0 amide bonds. The minimum Gasteiger partial charge on any atom is -0.375 e. The molecule has 2 saturated heterocycles. The summed E-state index contributed by atoms with van der Waals surface area (Å²) in [4.78, 5) is 11.9. The summed E-state index contributed by atoms with van der Waals surface area (Å²) in [6.07, 6.45) is 10.6. The van der Waals surface area contributed by atoms with E-state index in [-0.39, 0.29) is 0 Å². The minimum atomic E-state index is 0.515. The number of ether oxygens (including phenoxy) is 1. The van der Waals surface area contributed by atoms with Gasteiger partial charge in [0.1, 0.15) is 17.8 Å². The molecule has 2 aliphatic rings. The highest BCUT2D eigenvalue weighted by Gasteiger charge is 2.40. The number of H-pyrrole nitrogens is 1. The third-order valence-electron chi connectivity index (χ3n) is 4.97. The Bertz CT molecular complexity index is 638. The first kappa shape index (κ1) is 13.1. The van der Waals surface area contributed by atoms with Gasteiger partial charge in [-0.05, 0) is 43.6 Å². The molecular weight excluding hydrogens is 264 g/mol. The zero-order chi connectivity index (χ0) is 14.2. The fraction of sp³-hybridized carbons (Fsp3) is 0.625. The van der Waals surface area contributed by atoms with Crippen molar-refractivity contribution in [3.05, 3.63) is 18.1 Å². The largest absolute Gasteiger partial charge is 0.375 e. The maximum Gasteiger partial charge on any atom is 0.143 e. The standard InChI is InChI=1S/C16H22N4O/c1-2-10-8-18-16-14(10)15(19-9-20-16)17-6-5-11-7-12-3-4-13(11)21-12/h8-9,11-13H,2-7H2,1H3,(H2,17,18,19,20). The lowest BCUT2D eigenvalue weighted by molar-refractivity contribution is 0.0918. The number of fused-ring (bicyclic) bond motifs is 3. The Labute approximate surface area is 124 Å². The average molecular weight is 286 g/mol. The minimum absolute atomic E-state index is 0.515. The molecule has 2 bridgehead atoms. The molecule has 3 unspecified atom stereocenters. The molecule has 0 aliphatic carbocycles. The summed E-state index contributed by atoms with van der Waals surface area (Å²) >= 11 is 0. The SMILES string of the molecule is CCc1c[nH]c2ncnc(NCCC3CC4CCC3O4)c12. The first-order valence-electron chi connectivity index (χ1n) is 8.05. The molecule has 5 heteroatoms. The zero-order valence-electron chi connectivity index (χ0n) is 12.4. The van der Waals surface area contributed by atoms with Crippen molar-refractivity contribution in [3.63, 3.8) is 0 Å². The molecule has 21 heavy (non-hydrogen) atoms. The van der Waals surface area contributed by atoms with Crippen molar-refractivity contribution < 1.29 is 4.74 Å². The van der Waals surface area contributed by atoms with Crippen LogP contribution in [-0.4, -0.2) is 33.7 Å². The smallest absolute Gasteiger partial charge is 0.143 e. The highest BCUT2D eigenvalue weighted by Crippen LogP contribution is 2.40. The van der Waals surface area contributed by atoms with Gasteiger partial charge in [-0.15, -0.1) is 0 Å². The second-order valence-corrected chi connectivity index (χ2v) is 6.20. The van der Waals surface area contributed by atoms with Crippen LogP contribution in [0.3, 0.4) is 0 Å². The maximum atomic E-state index is 5.92. The lowest BCUT2D eigenvalue weighted by Gasteiger charge is -2.18. The van der Waals surface area contributed by atoms with E-state index < -0.39 is 0 Å². The number of aromatic nitrogens is 3. The van der Waals surface area contributed by atoms with Gasteiger partial charge in [0.05, 0.1) is 17.6 Å². The molecule has 0 spiro atoms. The van der Waals surface area contributed by atoms with Crippen LogP contribution in [0.2, 0.25) is 0 Å². The van der Waals surface area contributed by atoms with E-state index in [4.69, 9.17) is 4.74 Å². The lowest BCUT2D eigenvalue weighted by atomic mass is 9.87. The second-order valence-electron chi connectivity index (χ2n) is 6.20. The Morgan fingerprint density at radius 2 is 2.33 bits per heavy atom. The van der Waals surface area contributed by atoms with E-state index in [1.165, 1.54) is 31.2 Å². The van der Waals surface area contributed by atoms with Crippen LogP contribution in [0.4, 0.5) is 5.82 Å². The molecule has 2 aliphatic heterocycles. The van der Waals surface area contributed by atoms with Crippen LogP contribution in [-0.2, 0) is 11.2 Å². The number of aryl methyl sites for hydroxylation is 1. The van der Waals surface area contributed by atoms with Gasteiger partial charge in [-0.25, -0.2) is 9.97 Å². The number of hydrogen-bond acceptors (Lipinski definition) is 4. The summed E-state index contributed by atoms with van der Waals surface area (Å²) in [5.41, 5.74) is 2.20. The molecule has 2 aromatic rings. The van der Waals surface area contributed by atoms with Crippen molar-refractivity contribution in [2.24, 2.45) is 5.92 Å². The summed E-state index contributed by atoms with van der Waals surface area (Å²) in [7, 11) is 0. The molecule has 4 rings (SSSR count). The second kappa shape index (κ2) is 5.30. The van der Waals surface area contributed by atoms with E-state index in [0.29, 0.717) is 12.2 Å². The monoisotopic (exact) mass is 286 g/mol. The Kier molecular flexibility index (Phi) is 3.30. The molecule has 0 saturated carbocycles. The molecule has 2 N–H and O–H groups in total. The van der Waals surface area contributed by atoms with E-state index in [1.807, 2.05) is 6.20 Å². The van der Waals surface area contributed by atoms with Crippen LogP contribution in [0.1, 0.15) is 38.2 Å². The van der Waals surface area contributed by atoms with Crippen molar-refractivity contribution in [1.29, 1.82) is 0 Å². The Balaban J connectivity index is 1.44. The molecule has 0 aromatic carbocycles. The number of rotatable bonds is 5. The summed E-state index contributed by atoms with van der Waals surface area (Å²) in [5, 5.41) is 4.65. The summed E-state index contributed by atoms with van der Waals surface area (Å²) in [6, 6.07) is 0. The van der Waals surface area contributed by atoms with Crippen LogP contribution < -0.4 is 5.32 Å². The van der Waals surface area contributed by atoms with Crippen molar-refractivity contribution >= 4 is 16.9 Å². The maximum absolute atomic E-state index is 5.92. The number of aromatic amines is 1. The quantitative estimate of drug-likeness (QED) is 0.887. The first-order chi connectivity index (χ1) is 10.3. The van der Waals surface area contributed by atoms with E-state index in [0.717, 1.165) is 35.7 Å². The Morgan fingerprint density at radius 3 is 3.10 bits per heavy atom. The van der Waals surface area contributed by atoms with Crippen molar-refractivity contribution in [2.75, 3.05) is 11.9 Å². The van der Waals surface area contributed by atoms with Crippen LogP contribution in [0.15, 0.2) is 12.5 Å². The molecule has 0 radical (unpaired) electrons. The molecule has 5 nitrogen and oxygen atoms in total. The van der Waals surface area contributed by atoms with Gasteiger partial charge >= 0.3 is 0 Å². The van der Waals surface area contributed by atoms with Gasteiger partial charge in [-0.1, -0.05) is 6.92 Å². The van der Waals surface area contributed by atoms with Crippen LogP contribution in [0, 0.1) is 5.92 Å². The third-order valence-corrected chi connectivity index (χ3v) is 4.97. The molecule has 2 fully saturated rings. The van der Waals surface area contributed by atoms with Crippen molar-refractivity contribution in [3.8, 4) is 0 Å².